The summed E-state index contributed by atoms with van der Waals surface area (Å²) in [7, 11) is -6.37. The monoisotopic (exact) mass is 988 g/mol. The number of nitrogens with zero attached hydrogens (tertiary/aromatic N) is 2. The molecular formula is C70H48N2OSi2. The fourth-order valence-electron chi connectivity index (χ4n) is 12.4. The van der Waals surface area contributed by atoms with Gasteiger partial charge in [0.05, 0.1) is 11.4 Å². The van der Waals surface area contributed by atoms with Crippen LogP contribution in [0.25, 0.3) is 77.8 Å². The highest BCUT2D eigenvalue weighted by Crippen LogP contribution is 2.46. The molecule has 0 saturated heterocycles. The van der Waals surface area contributed by atoms with Gasteiger partial charge in [0.1, 0.15) is 11.2 Å². The van der Waals surface area contributed by atoms with Crippen molar-refractivity contribution in [2.75, 3.05) is 0 Å². The lowest BCUT2D eigenvalue weighted by molar-refractivity contribution is 0.670. The van der Waals surface area contributed by atoms with Gasteiger partial charge in [-0.15, -0.1) is 0 Å². The lowest BCUT2D eigenvalue weighted by Gasteiger charge is -2.38. The van der Waals surface area contributed by atoms with Gasteiger partial charge in [0.2, 0.25) is 0 Å². The number of fused-ring (bicyclic) bond motifs is 11. The lowest BCUT2D eigenvalue weighted by Crippen LogP contribution is -2.78. The first-order chi connectivity index (χ1) is 37.2. The van der Waals surface area contributed by atoms with Gasteiger partial charge in [-0.05, 0) is 87.5 Å². The Morgan fingerprint density at radius 1 is 0.253 bits per heavy atom. The summed E-state index contributed by atoms with van der Waals surface area (Å²) < 4.78 is 6.71. The first kappa shape index (κ1) is 44.4. The minimum absolute atomic E-state index is 0.889. The van der Waals surface area contributed by atoms with Gasteiger partial charge in [0.15, 0.2) is 16.1 Å². The molecule has 3 heterocycles. The standard InChI is InChI=1S/C70H48N2OSi2/c1-5-23-50(24-6-1)74(51-25-7-2-8-26-51,54-31-17-22-49(46-54)58-37-19-38-65-62-36-15-16-41-67(62)73-70(58)65)55-32-18-33-56(47-55)75(52-27-9-3-10-28-52,53-29-11-4-12-30-53)57-42-43-61-64-40-21-45-72-69(64)68-63(39-20-44-71-68)59-34-13-14-35-60(59)66(61)48-57/h1-48H. The average Bonchev–Trinajstić information content (AvgIpc) is 3.88. The van der Waals surface area contributed by atoms with Crippen molar-refractivity contribution >= 4 is 79.6 Å². The van der Waals surface area contributed by atoms with Crippen molar-refractivity contribution in [2.45, 2.75) is 0 Å². The van der Waals surface area contributed by atoms with Crippen molar-refractivity contribution in [1.82, 2.24) is 9.97 Å². The Hall–Kier alpha value is -9.27. The van der Waals surface area contributed by atoms with E-state index in [0.717, 1.165) is 66.7 Å². The molecule has 3 aromatic heterocycles. The maximum atomic E-state index is 6.71. The third-order valence-electron chi connectivity index (χ3n) is 15.7. The second-order valence-electron chi connectivity index (χ2n) is 19.5. The zero-order valence-corrected chi connectivity index (χ0v) is 43.0. The molecule has 0 saturated carbocycles. The van der Waals surface area contributed by atoms with E-state index in [4.69, 9.17) is 14.4 Å². The van der Waals surface area contributed by atoms with Crippen LogP contribution in [0.4, 0.5) is 0 Å². The summed E-state index contributed by atoms with van der Waals surface area (Å²) in [6, 6.07) is 104. The van der Waals surface area contributed by atoms with Crippen LogP contribution in [0.5, 0.6) is 0 Å². The third-order valence-corrected chi connectivity index (χ3v) is 25.2. The van der Waals surface area contributed by atoms with Crippen LogP contribution >= 0.6 is 0 Å². The van der Waals surface area contributed by atoms with Gasteiger partial charge in [0.25, 0.3) is 0 Å². The Morgan fingerprint density at radius 2 is 0.653 bits per heavy atom. The van der Waals surface area contributed by atoms with Crippen LogP contribution in [0, 0.1) is 0 Å². The highest BCUT2D eigenvalue weighted by atomic mass is 28.3. The molecule has 75 heavy (non-hydrogen) atoms. The molecule has 3 nitrogen and oxygen atoms in total. The smallest absolute Gasteiger partial charge is 0.179 e. The van der Waals surface area contributed by atoms with Crippen molar-refractivity contribution in [2.24, 2.45) is 0 Å². The molecule has 0 spiro atoms. The number of para-hydroxylation sites is 2. The van der Waals surface area contributed by atoms with E-state index in [1.54, 1.807) is 0 Å². The molecule has 0 aliphatic heterocycles. The minimum Gasteiger partial charge on any atom is -0.455 e. The summed E-state index contributed by atoms with van der Waals surface area (Å²) in [5, 5.41) is 12.8. The lowest BCUT2D eigenvalue weighted by atomic mass is 9.84. The van der Waals surface area contributed by atoms with E-state index in [2.05, 4.69) is 267 Å². The Labute approximate surface area is 438 Å². The molecule has 0 unspecified atom stereocenters. The van der Waals surface area contributed by atoms with E-state index in [9.17, 15) is 0 Å². The molecule has 14 rings (SSSR count). The van der Waals surface area contributed by atoms with E-state index in [0.29, 0.717) is 0 Å². The van der Waals surface area contributed by atoms with Crippen LogP contribution in [0.15, 0.2) is 296 Å². The molecule has 1 aliphatic carbocycles. The van der Waals surface area contributed by atoms with E-state index in [-0.39, 0.29) is 0 Å². The molecular weight excluding hydrogens is 941 g/mol. The Morgan fingerprint density at radius 3 is 1.23 bits per heavy atom. The van der Waals surface area contributed by atoms with Crippen molar-refractivity contribution in [3.8, 4) is 55.9 Å². The second-order valence-corrected chi connectivity index (χ2v) is 27.1. The van der Waals surface area contributed by atoms with E-state index in [1.807, 2.05) is 24.5 Å². The molecule has 5 heteroatoms. The quantitative estimate of drug-likeness (QED) is 0.107. The first-order valence-corrected chi connectivity index (χ1v) is 29.7. The predicted molar refractivity (Wildman–Crippen MR) is 317 cm³/mol. The van der Waals surface area contributed by atoms with Gasteiger partial charge in [-0.1, -0.05) is 261 Å². The summed E-state index contributed by atoms with van der Waals surface area (Å²) >= 11 is 0. The number of aromatic nitrogens is 2. The first-order valence-electron chi connectivity index (χ1n) is 25.7. The van der Waals surface area contributed by atoms with Crippen LogP contribution in [-0.2, 0) is 0 Å². The van der Waals surface area contributed by atoms with Crippen molar-refractivity contribution in [1.29, 1.82) is 0 Å². The second kappa shape index (κ2) is 18.3. The zero-order chi connectivity index (χ0) is 49.8. The Bertz CT molecular complexity index is 4170. The molecule has 0 N–H and O–H groups in total. The fourth-order valence-corrected chi connectivity index (χ4v) is 22.2. The Kier molecular flexibility index (Phi) is 10.9. The molecule has 0 atom stereocenters. The zero-order valence-electron chi connectivity index (χ0n) is 41.0. The highest BCUT2D eigenvalue weighted by molar-refractivity contribution is 7.22. The van der Waals surface area contributed by atoms with Gasteiger partial charge < -0.3 is 4.42 Å². The van der Waals surface area contributed by atoms with Crippen molar-refractivity contribution in [3.05, 3.63) is 291 Å². The number of rotatable bonds is 9. The number of hydrogen-bond donors (Lipinski definition) is 0. The number of furan rings is 1. The fraction of sp³-hybridized carbons (Fsp3) is 0. The topological polar surface area (TPSA) is 38.9 Å². The van der Waals surface area contributed by atoms with Gasteiger partial charge >= 0.3 is 0 Å². The summed E-state index contributed by atoms with van der Waals surface area (Å²) in [5.41, 5.74) is 12.6. The van der Waals surface area contributed by atoms with Gasteiger partial charge in [0, 0.05) is 39.9 Å². The predicted octanol–water partition coefficient (Wildman–Crippen LogP) is 11.8. The van der Waals surface area contributed by atoms with Gasteiger partial charge in [-0.25, -0.2) is 0 Å². The van der Waals surface area contributed by atoms with E-state index in [1.165, 1.54) is 52.6 Å². The largest absolute Gasteiger partial charge is 0.455 e. The van der Waals surface area contributed by atoms with Crippen molar-refractivity contribution in [3.63, 3.8) is 0 Å². The summed E-state index contributed by atoms with van der Waals surface area (Å²) in [4.78, 5) is 10.0. The normalized spacial score (nSPS) is 12.0. The third kappa shape index (κ3) is 7.08. The molecule has 13 aromatic rings. The summed E-state index contributed by atoms with van der Waals surface area (Å²) in [5.74, 6) is 0. The highest BCUT2D eigenvalue weighted by Gasteiger charge is 2.46. The summed E-state index contributed by atoms with van der Waals surface area (Å²) in [6.07, 6.45) is 3.77. The molecule has 0 amide bonds. The van der Waals surface area contributed by atoms with Crippen LogP contribution < -0.4 is 41.5 Å². The van der Waals surface area contributed by atoms with E-state index < -0.39 is 16.1 Å². The maximum absolute atomic E-state index is 6.71. The van der Waals surface area contributed by atoms with Crippen LogP contribution in [0.2, 0.25) is 0 Å². The molecule has 0 radical (unpaired) electrons. The maximum Gasteiger partial charge on any atom is 0.179 e. The number of pyridine rings is 2. The molecule has 1 aliphatic rings. The van der Waals surface area contributed by atoms with Crippen LogP contribution in [0.1, 0.15) is 0 Å². The molecule has 0 bridgehead atoms. The van der Waals surface area contributed by atoms with Gasteiger partial charge in [-0.3, -0.25) is 9.97 Å². The van der Waals surface area contributed by atoms with Crippen LogP contribution in [-0.4, -0.2) is 26.1 Å². The minimum atomic E-state index is -3.21. The van der Waals surface area contributed by atoms with E-state index >= 15 is 0 Å². The number of hydrogen-bond acceptors (Lipinski definition) is 3. The van der Waals surface area contributed by atoms with Crippen LogP contribution in [0.3, 0.4) is 0 Å². The SMILES string of the molecule is c1ccc([Si](c2ccccc2)(c2cccc(-c3cccc4c3oc3ccccc34)c2)c2cccc([Si](c3ccccc3)(c3ccccc3)c3ccc4c(c3)-c3ccccc3-c3cccnc3-c3ncccc3-4)c2)cc1. The Balaban J connectivity index is 1.06. The molecule has 0 fully saturated rings. The average molecular weight is 989 g/mol. The number of benzene rings is 10. The van der Waals surface area contributed by atoms with Gasteiger partial charge in [-0.2, -0.15) is 0 Å². The summed E-state index contributed by atoms with van der Waals surface area (Å²) in [6.45, 7) is 0. The molecule has 10 aromatic carbocycles. The molecule has 352 valence electrons. The van der Waals surface area contributed by atoms with Crippen molar-refractivity contribution < 1.29 is 4.42 Å².